The second kappa shape index (κ2) is 5.26. The van der Waals surface area contributed by atoms with Crippen molar-refractivity contribution < 1.29 is 8.42 Å². The lowest BCUT2D eigenvalue weighted by molar-refractivity contribution is 0.203. The number of aromatic nitrogens is 2. The van der Waals surface area contributed by atoms with Crippen molar-refractivity contribution in [3.63, 3.8) is 0 Å². The molecule has 2 aromatic heterocycles. The molecule has 0 aromatic carbocycles. The average Bonchev–Trinajstić information content (AvgIpc) is 2.74. The van der Waals surface area contributed by atoms with Crippen molar-refractivity contribution >= 4 is 27.3 Å². The first-order valence-corrected chi connectivity index (χ1v) is 8.91. The van der Waals surface area contributed by atoms with Crippen LogP contribution >= 0.6 is 11.6 Å². The van der Waals surface area contributed by atoms with Crippen LogP contribution in [0.2, 0.25) is 5.15 Å². The van der Waals surface area contributed by atoms with Crippen molar-refractivity contribution in [2.24, 2.45) is 0 Å². The molecule has 2 atom stereocenters. The van der Waals surface area contributed by atoms with E-state index in [1.807, 2.05) is 13.8 Å². The van der Waals surface area contributed by atoms with Gasteiger partial charge in [-0.05, 0) is 38.8 Å². The molecule has 114 valence electrons. The van der Waals surface area contributed by atoms with Gasteiger partial charge in [-0.3, -0.25) is 4.40 Å². The Balaban J connectivity index is 2.18. The minimum Gasteiger partial charge on any atom is -0.288 e. The molecule has 21 heavy (non-hydrogen) atoms. The number of rotatable bonds is 2. The number of piperidine rings is 1. The molecule has 0 unspecified atom stereocenters. The number of hydrogen-bond donors (Lipinski definition) is 0. The smallest absolute Gasteiger partial charge is 0.262 e. The summed E-state index contributed by atoms with van der Waals surface area (Å²) in [6, 6.07) is 5.27. The molecule has 0 spiro atoms. The largest absolute Gasteiger partial charge is 0.288 e. The van der Waals surface area contributed by atoms with Crippen LogP contribution in [0, 0.1) is 0 Å². The molecule has 3 rings (SSSR count). The van der Waals surface area contributed by atoms with Gasteiger partial charge in [0.25, 0.3) is 10.0 Å². The Bertz CT molecular complexity index is 762. The fourth-order valence-electron chi connectivity index (χ4n) is 3.15. The summed E-state index contributed by atoms with van der Waals surface area (Å²) < 4.78 is 29.3. The number of pyridine rings is 1. The Kier molecular flexibility index (Phi) is 3.71. The van der Waals surface area contributed by atoms with E-state index in [1.54, 1.807) is 33.1 Å². The standard InChI is InChI=1S/C14H18ClN3O2S/c1-10-6-5-7-11(2)18(10)21(19,20)14-13(15)16-12-8-3-4-9-17(12)14/h3-4,8-11H,5-7H2,1-2H3/t10-,11+. The highest BCUT2D eigenvalue weighted by molar-refractivity contribution is 7.89. The summed E-state index contributed by atoms with van der Waals surface area (Å²) in [4.78, 5) is 4.15. The number of fused-ring (bicyclic) bond motifs is 1. The van der Waals surface area contributed by atoms with Gasteiger partial charge in [0.15, 0.2) is 10.2 Å². The van der Waals surface area contributed by atoms with E-state index in [1.165, 1.54) is 0 Å². The van der Waals surface area contributed by atoms with E-state index in [2.05, 4.69) is 4.98 Å². The third-order valence-electron chi connectivity index (χ3n) is 4.08. The van der Waals surface area contributed by atoms with Crippen LogP contribution in [0.1, 0.15) is 33.1 Å². The van der Waals surface area contributed by atoms with Crippen LogP contribution in [0.15, 0.2) is 29.4 Å². The van der Waals surface area contributed by atoms with E-state index in [9.17, 15) is 8.42 Å². The first-order valence-electron chi connectivity index (χ1n) is 7.09. The Morgan fingerprint density at radius 2 is 1.90 bits per heavy atom. The highest BCUT2D eigenvalue weighted by Crippen LogP contribution is 2.32. The summed E-state index contributed by atoms with van der Waals surface area (Å²) in [7, 11) is -3.67. The fourth-order valence-corrected chi connectivity index (χ4v) is 5.64. The number of imidazole rings is 1. The zero-order chi connectivity index (χ0) is 15.2. The molecule has 1 saturated heterocycles. The van der Waals surface area contributed by atoms with E-state index < -0.39 is 10.0 Å². The van der Waals surface area contributed by atoms with Gasteiger partial charge in [0, 0.05) is 18.3 Å². The Hall–Kier alpha value is -1.11. The third kappa shape index (κ3) is 2.35. The normalized spacial score (nSPS) is 24.5. The van der Waals surface area contributed by atoms with Crippen LogP contribution in [0.3, 0.4) is 0 Å². The molecular formula is C14H18ClN3O2S. The van der Waals surface area contributed by atoms with Gasteiger partial charge in [0.05, 0.1) is 0 Å². The molecule has 1 fully saturated rings. The predicted molar refractivity (Wildman–Crippen MR) is 82.0 cm³/mol. The quantitative estimate of drug-likeness (QED) is 0.852. The summed E-state index contributed by atoms with van der Waals surface area (Å²) in [5.74, 6) is 0. The molecule has 1 aliphatic heterocycles. The summed E-state index contributed by atoms with van der Waals surface area (Å²) in [6.45, 7) is 3.90. The Labute approximate surface area is 129 Å². The zero-order valence-electron chi connectivity index (χ0n) is 12.0. The number of halogens is 1. The van der Waals surface area contributed by atoms with E-state index in [0.29, 0.717) is 5.65 Å². The highest BCUT2D eigenvalue weighted by Gasteiger charge is 2.38. The van der Waals surface area contributed by atoms with Gasteiger partial charge in [-0.1, -0.05) is 24.1 Å². The van der Waals surface area contributed by atoms with Crippen LogP contribution in [0.5, 0.6) is 0 Å². The minimum atomic E-state index is -3.67. The Morgan fingerprint density at radius 1 is 1.24 bits per heavy atom. The van der Waals surface area contributed by atoms with Crippen molar-refractivity contribution in [1.82, 2.24) is 13.7 Å². The van der Waals surface area contributed by atoms with Gasteiger partial charge in [-0.25, -0.2) is 13.4 Å². The molecule has 2 aromatic rings. The van der Waals surface area contributed by atoms with Crippen LogP contribution in [0.4, 0.5) is 0 Å². The van der Waals surface area contributed by atoms with Gasteiger partial charge in [-0.2, -0.15) is 4.31 Å². The molecular weight excluding hydrogens is 310 g/mol. The van der Waals surface area contributed by atoms with Crippen molar-refractivity contribution in [2.75, 3.05) is 0 Å². The van der Waals surface area contributed by atoms with E-state index in [4.69, 9.17) is 11.6 Å². The summed E-state index contributed by atoms with van der Waals surface area (Å²) in [5.41, 5.74) is 0.540. The topological polar surface area (TPSA) is 54.7 Å². The molecule has 0 N–H and O–H groups in total. The monoisotopic (exact) mass is 327 g/mol. The molecule has 0 bridgehead atoms. The minimum absolute atomic E-state index is 0.0240. The molecule has 0 amide bonds. The SMILES string of the molecule is C[C@@H]1CCC[C@H](C)N1S(=O)(=O)c1c(Cl)nc2ccccn12. The van der Waals surface area contributed by atoms with Gasteiger partial charge in [0.1, 0.15) is 5.65 Å². The first kappa shape index (κ1) is 14.8. The molecule has 0 aliphatic carbocycles. The van der Waals surface area contributed by atoms with E-state index >= 15 is 0 Å². The molecule has 7 heteroatoms. The van der Waals surface area contributed by atoms with E-state index in [0.717, 1.165) is 19.3 Å². The second-order valence-electron chi connectivity index (χ2n) is 5.60. The predicted octanol–water partition coefficient (Wildman–Crippen LogP) is 2.94. The van der Waals surface area contributed by atoms with Gasteiger partial charge >= 0.3 is 0 Å². The lowest BCUT2D eigenvalue weighted by Gasteiger charge is -2.37. The highest BCUT2D eigenvalue weighted by atomic mass is 35.5. The number of hydrogen-bond acceptors (Lipinski definition) is 3. The fraction of sp³-hybridized carbons (Fsp3) is 0.500. The first-order chi connectivity index (χ1) is 9.93. The number of sulfonamides is 1. The number of nitrogens with zero attached hydrogens (tertiary/aromatic N) is 3. The molecule has 0 radical (unpaired) electrons. The lowest BCUT2D eigenvalue weighted by atomic mass is 10.0. The van der Waals surface area contributed by atoms with Gasteiger partial charge in [-0.15, -0.1) is 0 Å². The summed E-state index contributed by atoms with van der Waals surface area (Å²) in [5, 5.41) is 0.103. The van der Waals surface area contributed by atoms with Crippen molar-refractivity contribution in [3.8, 4) is 0 Å². The van der Waals surface area contributed by atoms with Crippen molar-refractivity contribution in [3.05, 3.63) is 29.5 Å². The average molecular weight is 328 g/mol. The van der Waals surface area contributed by atoms with Gasteiger partial charge < -0.3 is 0 Å². The maximum Gasteiger partial charge on any atom is 0.262 e. The lowest BCUT2D eigenvalue weighted by Crippen LogP contribution is -2.47. The van der Waals surface area contributed by atoms with Crippen molar-refractivity contribution in [2.45, 2.75) is 50.2 Å². The Morgan fingerprint density at radius 3 is 2.57 bits per heavy atom. The van der Waals surface area contributed by atoms with Crippen LogP contribution in [0.25, 0.3) is 5.65 Å². The third-order valence-corrected chi connectivity index (χ3v) is 6.61. The molecule has 0 saturated carbocycles. The molecule has 5 nitrogen and oxygen atoms in total. The molecule has 1 aliphatic rings. The van der Waals surface area contributed by atoms with Gasteiger partial charge in [0.2, 0.25) is 0 Å². The van der Waals surface area contributed by atoms with Crippen LogP contribution in [-0.4, -0.2) is 34.2 Å². The zero-order valence-corrected chi connectivity index (χ0v) is 13.6. The summed E-state index contributed by atoms with van der Waals surface area (Å²) >= 11 is 6.13. The maximum absolute atomic E-state index is 13.1. The van der Waals surface area contributed by atoms with Crippen LogP contribution in [-0.2, 0) is 10.0 Å². The summed E-state index contributed by atoms with van der Waals surface area (Å²) in [6.07, 6.45) is 4.48. The van der Waals surface area contributed by atoms with Crippen LogP contribution < -0.4 is 0 Å². The maximum atomic E-state index is 13.1. The van der Waals surface area contributed by atoms with Crippen molar-refractivity contribution in [1.29, 1.82) is 0 Å². The second-order valence-corrected chi connectivity index (χ2v) is 7.72. The molecule has 3 heterocycles. The van der Waals surface area contributed by atoms with E-state index in [-0.39, 0.29) is 22.3 Å².